The van der Waals surface area contributed by atoms with Crippen molar-refractivity contribution in [3.63, 3.8) is 0 Å². The van der Waals surface area contributed by atoms with Gasteiger partial charge in [-0.25, -0.2) is 0 Å². The van der Waals surface area contributed by atoms with Gasteiger partial charge in [0.05, 0.1) is 0 Å². The van der Waals surface area contributed by atoms with Crippen molar-refractivity contribution in [2.75, 3.05) is 14.7 Å². The second-order valence-corrected chi connectivity index (χ2v) is 29.0. The van der Waals surface area contributed by atoms with Crippen molar-refractivity contribution in [3.05, 3.63) is 323 Å². The Labute approximate surface area is 616 Å². The zero-order valence-corrected chi connectivity index (χ0v) is 63.5. The molecular formula is C99H115N3. The lowest BCUT2D eigenvalue weighted by molar-refractivity contribution is 0.398. The van der Waals surface area contributed by atoms with E-state index in [2.05, 4.69) is 345 Å². The highest BCUT2D eigenvalue weighted by Gasteiger charge is 2.42. The van der Waals surface area contributed by atoms with Crippen LogP contribution in [0.15, 0.2) is 261 Å². The third kappa shape index (κ3) is 20.0. The van der Waals surface area contributed by atoms with E-state index in [0.717, 1.165) is 58.2 Å². The van der Waals surface area contributed by atoms with Crippen molar-refractivity contribution < 1.29 is 0 Å². The van der Waals surface area contributed by atoms with Gasteiger partial charge in [0, 0.05) is 56.6 Å². The Morgan fingerprint density at radius 3 is 0.882 bits per heavy atom. The van der Waals surface area contributed by atoms with E-state index < -0.39 is 0 Å². The van der Waals surface area contributed by atoms with Crippen LogP contribution in [0.3, 0.4) is 0 Å². The maximum absolute atomic E-state index is 3.88. The highest BCUT2D eigenvalue weighted by Crippen LogP contribution is 2.55. The SMILES string of the molecule is C=Cc1cccc(N(c2ccc(C)cc2)c2ccc(C)cc2)c1.CCCCCCCCC1(CCCCCCCC)c2ccc(C)cc2-c2cc(C)ccc21.CCCCc1ccc(N(c2ccc(C)cc2)c2ccc(-c3ccc(N(c4ccc(C)cc4)c4ccc(CCCC)cc4)cc3)cc2)cc1. The first-order chi connectivity index (χ1) is 49.8. The molecule has 102 heavy (non-hydrogen) atoms. The molecule has 1 aliphatic carbocycles. The van der Waals surface area contributed by atoms with E-state index in [-0.39, 0.29) is 5.41 Å². The number of hydrogen-bond donors (Lipinski definition) is 0. The quantitative estimate of drug-likeness (QED) is 0.0401. The summed E-state index contributed by atoms with van der Waals surface area (Å²) in [5, 5.41) is 0. The zero-order valence-electron chi connectivity index (χ0n) is 63.5. The summed E-state index contributed by atoms with van der Waals surface area (Å²) >= 11 is 0. The van der Waals surface area contributed by atoms with Crippen LogP contribution in [-0.2, 0) is 18.3 Å². The molecule has 11 aromatic rings. The van der Waals surface area contributed by atoms with Gasteiger partial charge in [-0.1, -0.05) is 309 Å². The normalized spacial score (nSPS) is 11.7. The Hall–Kier alpha value is -9.44. The third-order valence-electron chi connectivity index (χ3n) is 20.7. The predicted molar refractivity (Wildman–Crippen MR) is 447 cm³/mol. The van der Waals surface area contributed by atoms with Crippen LogP contribution in [0.25, 0.3) is 28.3 Å². The number of benzene rings is 11. The number of nitrogens with zero attached hydrogens (tertiary/aromatic N) is 3. The van der Waals surface area contributed by atoms with Crippen molar-refractivity contribution in [2.45, 2.75) is 203 Å². The van der Waals surface area contributed by atoms with Crippen LogP contribution in [0.4, 0.5) is 51.2 Å². The highest BCUT2D eigenvalue weighted by atomic mass is 15.2. The minimum absolute atomic E-state index is 0.238. The molecule has 0 N–H and O–H groups in total. The average Bonchev–Trinajstić information content (AvgIpc) is 1.57. The van der Waals surface area contributed by atoms with E-state index in [9.17, 15) is 0 Å². The molecular weight excluding hydrogens is 1230 g/mol. The lowest BCUT2D eigenvalue weighted by atomic mass is 9.70. The maximum atomic E-state index is 3.88. The summed E-state index contributed by atoms with van der Waals surface area (Å²) in [6.45, 7) is 26.0. The molecule has 0 saturated carbocycles. The summed E-state index contributed by atoms with van der Waals surface area (Å²) in [6, 6.07) is 94.0. The van der Waals surface area contributed by atoms with Crippen molar-refractivity contribution in [1.82, 2.24) is 0 Å². The van der Waals surface area contributed by atoms with Gasteiger partial charge < -0.3 is 14.7 Å². The van der Waals surface area contributed by atoms with Gasteiger partial charge >= 0.3 is 0 Å². The molecule has 3 heteroatoms. The predicted octanol–water partition coefficient (Wildman–Crippen LogP) is 30.1. The molecule has 0 bridgehead atoms. The van der Waals surface area contributed by atoms with Crippen LogP contribution in [0.1, 0.15) is 204 Å². The Bertz CT molecular complexity index is 4050. The highest BCUT2D eigenvalue weighted by molar-refractivity contribution is 5.84. The minimum Gasteiger partial charge on any atom is -0.311 e. The van der Waals surface area contributed by atoms with Gasteiger partial charge in [-0.15, -0.1) is 0 Å². The summed E-state index contributed by atoms with van der Waals surface area (Å²) < 4.78 is 0. The monoisotopic (exact) mass is 1350 g/mol. The molecule has 0 spiro atoms. The largest absolute Gasteiger partial charge is 0.311 e. The zero-order chi connectivity index (χ0) is 71.6. The number of hydrogen-bond acceptors (Lipinski definition) is 3. The first-order valence-electron chi connectivity index (χ1n) is 38.8. The van der Waals surface area contributed by atoms with E-state index in [1.165, 1.54) is 194 Å². The van der Waals surface area contributed by atoms with E-state index in [1.807, 2.05) is 6.08 Å². The molecule has 3 nitrogen and oxygen atoms in total. The van der Waals surface area contributed by atoms with Gasteiger partial charge in [-0.05, 0) is 239 Å². The molecule has 0 atom stereocenters. The van der Waals surface area contributed by atoms with Crippen LogP contribution in [0.5, 0.6) is 0 Å². The molecule has 0 aliphatic heterocycles. The lowest BCUT2D eigenvalue weighted by Gasteiger charge is -2.33. The van der Waals surface area contributed by atoms with Gasteiger partial charge in [-0.2, -0.15) is 0 Å². The van der Waals surface area contributed by atoms with Crippen LogP contribution in [0.2, 0.25) is 0 Å². The molecule has 12 rings (SSSR count). The molecule has 526 valence electrons. The summed E-state index contributed by atoms with van der Waals surface area (Å²) in [5.41, 5.74) is 31.1. The average molecular weight is 1350 g/mol. The number of anilines is 9. The Morgan fingerprint density at radius 1 is 0.275 bits per heavy atom. The summed E-state index contributed by atoms with van der Waals surface area (Å²) in [4.78, 5) is 6.97. The molecule has 0 fully saturated rings. The first kappa shape index (κ1) is 75.2. The number of fused-ring (bicyclic) bond motifs is 3. The van der Waals surface area contributed by atoms with Crippen molar-refractivity contribution in [3.8, 4) is 22.3 Å². The van der Waals surface area contributed by atoms with Crippen LogP contribution in [-0.4, -0.2) is 0 Å². The van der Waals surface area contributed by atoms with Gasteiger partial charge in [0.1, 0.15) is 0 Å². The van der Waals surface area contributed by atoms with E-state index >= 15 is 0 Å². The molecule has 0 saturated heterocycles. The Kier molecular flexibility index (Phi) is 28.0. The third-order valence-corrected chi connectivity index (χ3v) is 20.7. The molecule has 11 aromatic carbocycles. The van der Waals surface area contributed by atoms with Gasteiger partial charge in [0.15, 0.2) is 0 Å². The van der Waals surface area contributed by atoms with Crippen molar-refractivity contribution >= 4 is 57.3 Å². The fraction of sp³-hybridized carbons (Fsp3) is 0.313. The Morgan fingerprint density at radius 2 is 0.559 bits per heavy atom. The van der Waals surface area contributed by atoms with Crippen LogP contribution >= 0.6 is 0 Å². The lowest BCUT2D eigenvalue weighted by Crippen LogP contribution is -2.25. The number of unbranched alkanes of at least 4 members (excludes halogenated alkanes) is 12. The van der Waals surface area contributed by atoms with E-state index in [4.69, 9.17) is 0 Å². The second-order valence-electron chi connectivity index (χ2n) is 29.0. The summed E-state index contributed by atoms with van der Waals surface area (Å²) in [5.74, 6) is 0. The standard InChI is InChI=1S/C46H48N2.C31H46.C22H21N/c1-5-7-9-37-15-27-43(28-16-37)47(41-23-11-35(3)12-24-41)45-31-19-39(20-32-45)40-21-33-46(34-22-40)48(42-25-13-36(4)14-26-42)44-29-17-38(18-30-44)10-8-6-2;1-5-7-9-11-13-15-21-31(22-16-14-12-10-8-6-2)29-19-17-25(3)23-27(29)28-24-26(4)18-20-30(28)31;1-4-19-6-5-7-22(16-19)23(20-12-8-17(2)9-13-20)21-14-10-18(3)11-15-21/h11-34H,5-10H2,1-4H3;17-20,23-24H,5-16,21-22H2,1-4H3;4-16H,1H2,2-3H3. The summed E-state index contributed by atoms with van der Waals surface area (Å²) in [7, 11) is 0. The number of aryl methyl sites for hydroxylation is 8. The second kappa shape index (κ2) is 38.0. The molecule has 1 aliphatic rings. The summed E-state index contributed by atoms with van der Waals surface area (Å²) in [6.07, 6.45) is 28.2. The van der Waals surface area contributed by atoms with Gasteiger partial charge in [0.25, 0.3) is 0 Å². The van der Waals surface area contributed by atoms with Gasteiger partial charge in [-0.3, -0.25) is 0 Å². The van der Waals surface area contributed by atoms with Crippen molar-refractivity contribution in [1.29, 1.82) is 0 Å². The molecule has 0 amide bonds. The fourth-order valence-electron chi connectivity index (χ4n) is 14.7. The smallest absolute Gasteiger partial charge is 0.0467 e. The first-order valence-corrected chi connectivity index (χ1v) is 38.8. The van der Waals surface area contributed by atoms with Crippen molar-refractivity contribution in [2.24, 2.45) is 0 Å². The van der Waals surface area contributed by atoms with Gasteiger partial charge in [0.2, 0.25) is 0 Å². The van der Waals surface area contributed by atoms with E-state index in [1.54, 1.807) is 11.1 Å². The molecule has 0 aromatic heterocycles. The molecule has 0 radical (unpaired) electrons. The number of rotatable bonds is 31. The topological polar surface area (TPSA) is 9.72 Å². The van der Waals surface area contributed by atoms with Crippen LogP contribution < -0.4 is 14.7 Å². The molecule has 0 heterocycles. The minimum atomic E-state index is 0.238. The van der Waals surface area contributed by atoms with Crippen LogP contribution in [0, 0.1) is 41.5 Å². The Balaban J connectivity index is 0.000000178. The fourth-order valence-corrected chi connectivity index (χ4v) is 14.7. The maximum Gasteiger partial charge on any atom is 0.0467 e. The molecule has 0 unspecified atom stereocenters. The van der Waals surface area contributed by atoms with E-state index in [0.29, 0.717) is 0 Å².